The summed E-state index contributed by atoms with van der Waals surface area (Å²) in [5.41, 5.74) is 3.04. The zero-order chi connectivity index (χ0) is 17.2. The molecule has 132 valence electrons. The number of hydrogen-bond donors (Lipinski definition) is 2. The lowest BCUT2D eigenvalue weighted by Crippen LogP contribution is -2.53. The minimum Gasteiger partial charge on any atom is -0.385 e. The van der Waals surface area contributed by atoms with Crippen LogP contribution < -0.4 is 10.6 Å². The predicted molar refractivity (Wildman–Crippen MR) is 105 cm³/mol. The van der Waals surface area contributed by atoms with Gasteiger partial charge in [0.25, 0.3) is 0 Å². The van der Waals surface area contributed by atoms with Gasteiger partial charge in [0.05, 0.1) is 16.9 Å². The van der Waals surface area contributed by atoms with Crippen molar-refractivity contribution in [2.24, 2.45) is 4.99 Å². The van der Waals surface area contributed by atoms with Gasteiger partial charge in [0.2, 0.25) is 0 Å². The van der Waals surface area contributed by atoms with Crippen LogP contribution in [0.1, 0.15) is 12.0 Å². The van der Waals surface area contributed by atoms with E-state index in [2.05, 4.69) is 27.0 Å². The highest BCUT2D eigenvalue weighted by atomic mass is 35.5. The van der Waals surface area contributed by atoms with Crippen molar-refractivity contribution in [1.82, 2.24) is 10.2 Å². The zero-order valence-electron chi connectivity index (χ0n) is 14.1. The van der Waals surface area contributed by atoms with E-state index in [9.17, 15) is 0 Å². The lowest BCUT2D eigenvalue weighted by Gasteiger charge is -2.35. The number of anilines is 2. The molecule has 0 spiro atoms. The van der Waals surface area contributed by atoms with Crippen LogP contribution in [-0.4, -0.2) is 50.1 Å². The summed E-state index contributed by atoms with van der Waals surface area (Å²) in [7, 11) is 1.75. The number of halogens is 1. The molecule has 2 aliphatic rings. The van der Waals surface area contributed by atoms with Crippen LogP contribution in [0.25, 0.3) is 0 Å². The fourth-order valence-corrected chi connectivity index (χ4v) is 4.26. The second kappa shape index (κ2) is 7.33. The topological polar surface area (TPSA) is 48.9 Å². The molecule has 4 rings (SSSR count). The Hall–Kier alpha value is -1.60. The van der Waals surface area contributed by atoms with E-state index in [4.69, 9.17) is 21.3 Å². The van der Waals surface area contributed by atoms with Crippen molar-refractivity contribution in [1.29, 1.82) is 0 Å². The van der Waals surface area contributed by atoms with Crippen molar-refractivity contribution in [3.05, 3.63) is 40.2 Å². The summed E-state index contributed by atoms with van der Waals surface area (Å²) < 4.78 is 5.24. The molecule has 7 heteroatoms. The molecule has 1 aromatic carbocycles. The fraction of sp³-hybridized carbons (Fsp3) is 0.389. The number of ether oxygens (including phenoxy) is 1. The number of rotatable bonds is 3. The average Bonchev–Trinajstić information content (AvgIpc) is 3.02. The summed E-state index contributed by atoms with van der Waals surface area (Å²) in [5, 5.41) is 11.0. The number of aliphatic imine (C=N–C) groups is 1. The number of fused-ring (bicyclic) bond motifs is 2. The molecule has 0 radical (unpaired) electrons. The largest absolute Gasteiger partial charge is 0.385 e. The van der Waals surface area contributed by atoms with Crippen molar-refractivity contribution in [2.75, 3.05) is 38.7 Å². The standard InChI is InChI=1S/C18H21ClN4OS/c1-24-8-4-13-11-23(7-6-20-13)17-14-5-9-25-18(14)22-15-3-2-12(19)10-16(15)21-17/h2-3,5,9-10,13,20,22H,4,6-8,11H2,1H3/t13-/m0/s1. The summed E-state index contributed by atoms with van der Waals surface area (Å²) in [6.07, 6.45) is 0.997. The normalized spacial score (nSPS) is 19.5. The van der Waals surface area contributed by atoms with E-state index < -0.39 is 0 Å². The quantitative estimate of drug-likeness (QED) is 0.854. The molecule has 2 N–H and O–H groups in total. The highest BCUT2D eigenvalue weighted by Crippen LogP contribution is 2.38. The van der Waals surface area contributed by atoms with Gasteiger partial charge in [-0.1, -0.05) is 11.6 Å². The number of hydrogen-bond acceptors (Lipinski definition) is 6. The Labute approximate surface area is 156 Å². The minimum absolute atomic E-state index is 0.411. The molecule has 1 aromatic heterocycles. The van der Waals surface area contributed by atoms with E-state index in [1.54, 1.807) is 18.4 Å². The van der Waals surface area contributed by atoms with E-state index in [1.165, 1.54) is 0 Å². The Morgan fingerprint density at radius 2 is 2.32 bits per heavy atom. The van der Waals surface area contributed by atoms with Crippen LogP contribution in [0.4, 0.5) is 16.4 Å². The number of methoxy groups -OCH3 is 1. The molecule has 0 amide bonds. The van der Waals surface area contributed by atoms with E-state index in [0.717, 1.165) is 60.4 Å². The Balaban J connectivity index is 1.69. The molecule has 0 bridgehead atoms. The van der Waals surface area contributed by atoms with E-state index in [-0.39, 0.29) is 0 Å². The van der Waals surface area contributed by atoms with Crippen molar-refractivity contribution in [3.63, 3.8) is 0 Å². The lowest BCUT2D eigenvalue weighted by atomic mass is 10.1. The molecule has 1 saturated heterocycles. The Morgan fingerprint density at radius 3 is 3.20 bits per heavy atom. The summed E-state index contributed by atoms with van der Waals surface area (Å²) >= 11 is 7.90. The van der Waals surface area contributed by atoms with Gasteiger partial charge in [0.15, 0.2) is 0 Å². The Kier molecular flexibility index (Phi) is 4.94. The number of thiophene rings is 1. The molecule has 0 aliphatic carbocycles. The third-order valence-electron chi connectivity index (χ3n) is 4.57. The highest BCUT2D eigenvalue weighted by molar-refractivity contribution is 7.14. The summed E-state index contributed by atoms with van der Waals surface area (Å²) in [4.78, 5) is 7.37. The predicted octanol–water partition coefficient (Wildman–Crippen LogP) is 3.85. The SMILES string of the molecule is COCC[C@H]1CN(C2=Nc3cc(Cl)ccc3Nc3sccc32)CCN1. The van der Waals surface area contributed by atoms with E-state index in [1.807, 2.05) is 18.2 Å². The number of nitrogens with zero attached hydrogens (tertiary/aromatic N) is 2. The van der Waals surface area contributed by atoms with Crippen LogP contribution in [0.5, 0.6) is 0 Å². The Bertz CT molecular complexity index is 791. The van der Waals surface area contributed by atoms with Crippen LogP contribution in [0, 0.1) is 0 Å². The second-order valence-electron chi connectivity index (χ2n) is 6.26. The first-order valence-electron chi connectivity index (χ1n) is 8.45. The lowest BCUT2D eigenvalue weighted by molar-refractivity contribution is 0.168. The monoisotopic (exact) mass is 376 g/mol. The molecule has 2 aromatic rings. The molecule has 1 atom stereocenters. The van der Waals surface area contributed by atoms with Crippen LogP contribution in [0.2, 0.25) is 5.02 Å². The van der Waals surface area contributed by atoms with Gasteiger partial charge in [0.1, 0.15) is 10.8 Å². The first kappa shape index (κ1) is 16.8. The summed E-state index contributed by atoms with van der Waals surface area (Å²) in [5.74, 6) is 1.02. The maximum absolute atomic E-state index is 6.20. The third-order valence-corrected chi connectivity index (χ3v) is 5.63. The molecule has 0 unspecified atom stereocenters. The van der Waals surface area contributed by atoms with E-state index >= 15 is 0 Å². The fourth-order valence-electron chi connectivity index (χ4n) is 3.29. The van der Waals surface area contributed by atoms with Gasteiger partial charge in [-0.25, -0.2) is 4.99 Å². The highest BCUT2D eigenvalue weighted by Gasteiger charge is 2.26. The smallest absolute Gasteiger partial charge is 0.139 e. The van der Waals surface area contributed by atoms with Crippen molar-refractivity contribution in [2.45, 2.75) is 12.5 Å². The molecular weight excluding hydrogens is 356 g/mol. The van der Waals surface area contributed by atoms with Gasteiger partial charge in [-0.3, -0.25) is 0 Å². The van der Waals surface area contributed by atoms with Crippen LogP contribution in [-0.2, 0) is 4.74 Å². The molecule has 3 heterocycles. The van der Waals surface area contributed by atoms with Crippen LogP contribution >= 0.6 is 22.9 Å². The second-order valence-corrected chi connectivity index (χ2v) is 7.62. The van der Waals surface area contributed by atoms with Crippen LogP contribution in [0.3, 0.4) is 0 Å². The maximum Gasteiger partial charge on any atom is 0.139 e. The average molecular weight is 377 g/mol. The zero-order valence-corrected chi connectivity index (χ0v) is 15.7. The molecule has 25 heavy (non-hydrogen) atoms. The Morgan fingerprint density at radius 1 is 1.40 bits per heavy atom. The third kappa shape index (κ3) is 3.53. The van der Waals surface area contributed by atoms with Gasteiger partial charge in [0, 0.05) is 44.4 Å². The summed E-state index contributed by atoms with van der Waals surface area (Å²) in [6.45, 7) is 3.57. The van der Waals surface area contributed by atoms with Crippen LogP contribution in [0.15, 0.2) is 34.6 Å². The van der Waals surface area contributed by atoms with Crippen molar-refractivity contribution in [3.8, 4) is 0 Å². The van der Waals surface area contributed by atoms with Gasteiger partial charge >= 0.3 is 0 Å². The number of piperazine rings is 1. The van der Waals surface area contributed by atoms with Crippen molar-refractivity contribution >= 4 is 45.1 Å². The molecule has 1 fully saturated rings. The molecule has 5 nitrogen and oxygen atoms in total. The minimum atomic E-state index is 0.411. The molecular formula is C18H21ClN4OS. The number of amidine groups is 1. The van der Waals surface area contributed by atoms with Gasteiger partial charge < -0.3 is 20.3 Å². The first-order chi connectivity index (χ1) is 12.2. The van der Waals surface area contributed by atoms with Crippen molar-refractivity contribution < 1.29 is 4.74 Å². The van der Waals surface area contributed by atoms with Gasteiger partial charge in [-0.2, -0.15) is 0 Å². The first-order valence-corrected chi connectivity index (χ1v) is 9.71. The number of benzene rings is 1. The van der Waals surface area contributed by atoms with Gasteiger partial charge in [-0.15, -0.1) is 11.3 Å². The van der Waals surface area contributed by atoms with Gasteiger partial charge in [-0.05, 0) is 36.1 Å². The number of nitrogens with one attached hydrogen (secondary N) is 2. The molecule has 0 saturated carbocycles. The maximum atomic E-state index is 6.20. The summed E-state index contributed by atoms with van der Waals surface area (Å²) in [6, 6.07) is 8.37. The van der Waals surface area contributed by atoms with E-state index in [0.29, 0.717) is 11.1 Å². The molecule has 2 aliphatic heterocycles.